The number of rotatable bonds is 7. The molecule has 1 aromatic heterocycles. The van der Waals surface area contributed by atoms with Crippen LogP contribution in [0.4, 0.5) is 0 Å². The molecule has 1 saturated heterocycles. The van der Waals surface area contributed by atoms with Crippen molar-refractivity contribution in [1.29, 1.82) is 0 Å². The van der Waals surface area contributed by atoms with Gasteiger partial charge < -0.3 is 29.8 Å². The van der Waals surface area contributed by atoms with Gasteiger partial charge in [-0.1, -0.05) is 5.16 Å². The summed E-state index contributed by atoms with van der Waals surface area (Å²) in [4.78, 5) is 17.7. The highest BCUT2D eigenvalue weighted by atomic mass is 16.5. The molecule has 1 amide bonds. The van der Waals surface area contributed by atoms with Crippen LogP contribution in [-0.2, 0) is 4.79 Å². The Morgan fingerprint density at radius 3 is 2.67 bits per heavy atom. The monoisotopic (exact) mass is 377 g/mol. The molecule has 1 unspecified atom stereocenters. The topological polar surface area (TPSA) is 125 Å². The Morgan fingerprint density at radius 2 is 2.07 bits per heavy atom. The maximum Gasteiger partial charge on any atom is 0.258 e. The zero-order valence-electron chi connectivity index (χ0n) is 15.5. The lowest BCUT2D eigenvalue weighted by Gasteiger charge is -2.30. The largest absolute Gasteiger partial charge is 0.493 e. The highest BCUT2D eigenvalue weighted by molar-refractivity contribution is 5.76. The molecule has 2 aromatic rings. The summed E-state index contributed by atoms with van der Waals surface area (Å²) in [6.45, 7) is 2.29. The Morgan fingerprint density at radius 1 is 1.37 bits per heavy atom. The Bertz CT molecular complexity index is 784. The number of primary amides is 1. The van der Waals surface area contributed by atoms with Crippen molar-refractivity contribution in [3.05, 3.63) is 18.0 Å². The summed E-state index contributed by atoms with van der Waals surface area (Å²) in [7, 11) is 4.99. The number of hydrogen-bond acceptors (Lipinski definition) is 9. The van der Waals surface area contributed by atoms with Crippen LogP contribution in [-0.4, -0.2) is 68.5 Å². The van der Waals surface area contributed by atoms with Crippen molar-refractivity contribution in [3.8, 4) is 28.7 Å². The zero-order chi connectivity index (χ0) is 19.4. The first-order chi connectivity index (χ1) is 13.0. The second kappa shape index (κ2) is 8.23. The number of likely N-dealkylation sites (N-methyl/N-ethyl adjacent to an activating group) is 1. The third-order valence-corrected chi connectivity index (χ3v) is 4.32. The fraction of sp³-hybridized carbons (Fsp3) is 0.471. The highest BCUT2D eigenvalue weighted by Gasteiger charge is 2.26. The average Bonchev–Trinajstić information content (AvgIpc) is 3.15. The minimum absolute atomic E-state index is 0.0400. The third-order valence-electron chi connectivity index (χ3n) is 4.32. The van der Waals surface area contributed by atoms with E-state index in [1.807, 2.05) is 7.05 Å². The molecule has 10 heteroatoms. The number of ether oxygens (including phenoxy) is 3. The van der Waals surface area contributed by atoms with Crippen LogP contribution in [0, 0.1) is 0 Å². The number of benzene rings is 1. The van der Waals surface area contributed by atoms with Crippen LogP contribution >= 0.6 is 0 Å². The van der Waals surface area contributed by atoms with E-state index in [2.05, 4.69) is 20.4 Å². The standard InChI is InChI=1S/C17H23N5O5/c1-22-5-4-19-8-11(22)16-20-17(27-21-16)10-6-12(24-2)15(13(7-10)25-3)26-9-14(18)23/h6-7,11,19H,4-5,8-9H2,1-3H3,(H2,18,23). The fourth-order valence-electron chi connectivity index (χ4n) is 2.87. The van der Waals surface area contributed by atoms with E-state index in [0.29, 0.717) is 28.8 Å². The van der Waals surface area contributed by atoms with Crippen molar-refractivity contribution in [2.75, 3.05) is 47.5 Å². The molecule has 2 heterocycles. The summed E-state index contributed by atoms with van der Waals surface area (Å²) < 4.78 is 21.6. The summed E-state index contributed by atoms with van der Waals surface area (Å²) in [5, 5.41) is 7.44. The number of carbonyl (C=O) groups excluding carboxylic acids is 1. The highest BCUT2D eigenvalue weighted by Crippen LogP contribution is 2.41. The summed E-state index contributed by atoms with van der Waals surface area (Å²) in [6, 6.07) is 3.40. The average molecular weight is 377 g/mol. The van der Waals surface area contributed by atoms with Gasteiger partial charge in [0, 0.05) is 25.2 Å². The predicted molar refractivity (Wildman–Crippen MR) is 95.8 cm³/mol. The van der Waals surface area contributed by atoms with Gasteiger partial charge in [0.05, 0.1) is 20.3 Å². The van der Waals surface area contributed by atoms with Crippen LogP contribution in [0.15, 0.2) is 16.7 Å². The van der Waals surface area contributed by atoms with E-state index in [1.54, 1.807) is 12.1 Å². The summed E-state index contributed by atoms with van der Waals surface area (Å²) in [5.41, 5.74) is 5.75. The van der Waals surface area contributed by atoms with Gasteiger partial charge in [0.1, 0.15) is 0 Å². The number of amides is 1. The number of hydrogen-bond donors (Lipinski definition) is 2. The molecular weight excluding hydrogens is 354 g/mol. The van der Waals surface area contributed by atoms with Crippen molar-refractivity contribution in [2.24, 2.45) is 5.73 Å². The van der Waals surface area contributed by atoms with E-state index in [-0.39, 0.29) is 18.4 Å². The smallest absolute Gasteiger partial charge is 0.258 e. The minimum Gasteiger partial charge on any atom is -0.493 e. The molecule has 1 aliphatic rings. The number of nitrogens with two attached hydrogens (primary N) is 1. The minimum atomic E-state index is -0.602. The van der Waals surface area contributed by atoms with Crippen molar-refractivity contribution < 1.29 is 23.5 Å². The molecule has 0 radical (unpaired) electrons. The Hall–Kier alpha value is -2.85. The zero-order valence-corrected chi connectivity index (χ0v) is 15.5. The third kappa shape index (κ3) is 4.12. The molecule has 0 aliphatic carbocycles. The van der Waals surface area contributed by atoms with E-state index in [4.69, 9.17) is 24.5 Å². The van der Waals surface area contributed by atoms with Gasteiger partial charge in [-0.15, -0.1) is 0 Å². The van der Waals surface area contributed by atoms with Gasteiger partial charge in [-0.2, -0.15) is 4.98 Å². The lowest BCUT2D eigenvalue weighted by molar-refractivity contribution is -0.119. The van der Waals surface area contributed by atoms with E-state index < -0.39 is 5.91 Å². The number of piperazine rings is 1. The van der Waals surface area contributed by atoms with Crippen LogP contribution in [0.3, 0.4) is 0 Å². The summed E-state index contributed by atoms with van der Waals surface area (Å²) >= 11 is 0. The van der Waals surface area contributed by atoms with Gasteiger partial charge in [-0.3, -0.25) is 9.69 Å². The number of methoxy groups -OCH3 is 2. The maximum absolute atomic E-state index is 11.0. The first-order valence-corrected chi connectivity index (χ1v) is 8.45. The maximum atomic E-state index is 11.0. The number of carbonyl (C=O) groups is 1. The quantitative estimate of drug-likeness (QED) is 0.696. The molecule has 0 spiro atoms. The Kier molecular flexibility index (Phi) is 5.77. The van der Waals surface area contributed by atoms with Crippen molar-refractivity contribution >= 4 is 5.91 Å². The molecule has 10 nitrogen and oxygen atoms in total. The SMILES string of the molecule is COc1cc(-c2nc(C3CNCCN3C)no2)cc(OC)c1OCC(N)=O. The van der Waals surface area contributed by atoms with Gasteiger partial charge in [-0.25, -0.2) is 0 Å². The van der Waals surface area contributed by atoms with Gasteiger partial charge in [-0.05, 0) is 19.2 Å². The second-order valence-corrected chi connectivity index (χ2v) is 6.12. The summed E-state index contributed by atoms with van der Waals surface area (Å²) in [6.07, 6.45) is 0. The van der Waals surface area contributed by atoms with Crippen LogP contribution in [0.1, 0.15) is 11.9 Å². The molecule has 3 N–H and O–H groups in total. The van der Waals surface area contributed by atoms with E-state index in [0.717, 1.165) is 19.6 Å². The van der Waals surface area contributed by atoms with Crippen LogP contribution in [0.2, 0.25) is 0 Å². The van der Waals surface area contributed by atoms with Gasteiger partial charge in [0.25, 0.3) is 11.8 Å². The molecule has 27 heavy (non-hydrogen) atoms. The number of nitrogens with one attached hydrogen (secondary N) is 1. The van der Waals surface area contributed by atoms with E-state index in [9.17, 15) is 4.79 Å². The van der Waals surface area contributed by atoms with Crippen LogP contribution in [0.5, 0.6) is 17.2 Å². The van der Waals surface area contributed by atoms with E-state index in [1.165, 1.54) is 14.2 Å². The molecule has 1 aromatic carbocycles. The normalized spacial score (nSPS) is 17.5. The Labute approximate surface area is 156 Å². The molecule has 146 valence electrons. The molecular formula is C17H23N5O5. The molecule has 0 bridgehead atoms. The molecule has 1 fully saturated rings. The van der Waals surface area contributed by atoms with E-state index >= 15 is 0 Å². The molecule has 3 rings (SSSR count). The fourth-order valence-corrected chi connectivity index (χ4v) is 2.87. The van der Waals surface area contributed by atoms with Crippen LogP contribution in [0.25, 0.3) is 11.5 Å². The van der Waals surface area contributed by atoms with Crippen LogP contribution < -0.4 is 25.3 Å². The molecule has 1 atom stereocenters. The predicted octanol–water partition coefficient (Wildman–Crippen LogP) is 0.194. The molecule has 1 aliphatic heterocycles. The van der Waals surface area contributed by atoms with Crippen molar-refractivity contribution in [1.82, 2.24) is 20.4 Å². The number of nitrogens with zero attached hydrogens (tertiary/aromatic N) is 3. The van der Waals surface area contributed by atoms with Gasteiger partial charge in [0.2, 0.25) is 5.75 Å². The number of aromatic nitrogens is 2. The molecule has 0 saturated carbocycles. The second-order valence-electron chi connectivity index (χ2n) is 6.12. The van der Waals surface area contributed by atoms with Gasteiger partial charge in [0.15, 0.2) is 23.9 Å². The lowest BCUT2D eigenvalue weighted by Crippen LogP contribution is -2.44. The first-order valence-electron chi connectivity index (χ1n) is 8.45. The van der Waals surface area contributed by atoms with Gasteiger partial charge >= 0.3 is 0 Å². The van der Waals surface area contributed by atoms with Crippen molar-refractivity contribution in [2.45, 2.75) is 6.04 Å². The first kappa shape index (κ1) is 18.9. The van der Waals surface area contributed by atoms with Crippen molar-refractivity contribution in [3.63, 3.8) is 0 Å². The Balaban J connectivity index is 1.91. The summed E-state index contributed by atoms with van der Waals surface area (Å²) in [5.74, 6) is 1.34. The lowest BCUT2D eigenvalue weighted by atomic mass is 10.1.